The molecule has 122 valence electrons. The third-order valence-corrected chi connectivity index (χ3v) is 4.24. The topological polar surface area (TPSA) is 55.6 Å². The maximum absolute atomic E-state index is 4.09. The number of hydrogen-bond acceptors (Lipinski definition) is 5. The van der Waals surface area contributed by atoms with Crippen LogP contribution in [0.4, 0.5) is 0 Å². The number of para-hydroxylation sites is 1. The van der Waals surface area contributed by atoms with Gasteiger partial charge in [-0.3, -0.25) is 0 Å². The van der Waals surface area contributed by atoms with Crippen molar-refractivity contribution in [3.8, 4) is 5.69 Å². The summed E-state index contributed by atoms with van der Waals surface area (Å²) in [6.07, 6.45) is 4.25. The van der Waals surface area contributed by atoms with Gasteiger partial charge in [-0.15, -0.1) is 5.10 Å². The largest absolute Gasteiger partial charge is 0.312 e. The lowest BCUT2D eigenvalue weighted by Crippen LogP contribution is -2.17. The molecule has 24 heavy (non-hydrogen) atoms. The second-order valence-electron chi connectivity index (χ2n) is 5.07. The Kier molecular flexibility index (Phi) is 6.16. The minimum Gasteiger partial charge on any atom is -0.312 e. The summed E-state index contributed by atoms with van der Waals surface area (Å²) in [5, 5.41) is 16.1. The van der Waals surface area contributed by atoms with E-state index in [0.717, 1.165) is 29.7 Å². The lowest BCUT2D eigenvalue weighted by molar-refractivity contribution is 0.754. The van der Waals surface area contributed by atoms with Gasteiger partial charge in [0, 0.05) is 18.8 Å². The molecule has 6 heteroatoms. The van der Waals surface area contributed by atoms with Crippen molar-refractivity contribution in [1.82, 2.24) is 25.5 Å². The van der Waals surface area contributed by atoms with E-state index in [4.69, 9.17) is 0 Å². The third-order valence-electron chi connectivity index (χ3n) is 3.32. The lowest BCUT2D eigenvalue weighted by atomic mass is 10.2. The van der Waals surface area contributed by atoms with Crippen LogP contribution in [0.2, 0.25) is 0 Å². The molecule has 0 bridgehead atoms. The molecule has 0 aliphatic heterocycles. The molecular weight excluding hydrogens is 318 g/mol. The molecule has 5 nitrogen and oxygen atoms in total. The van der Waals surface area contributed by atoms with Crippen LogP contribution < -0.4 is 5.32 Å². The van der Waals surface area contributed by atoms with Crippen molar-refractivity contribution in [2.75, 3.05) is 18.8 Å². The number of nitrogens with one attached hydrogen (secondary N) is 1. The standard InChI is InChI=1S/C18H19N5S/c1-3-8-16(9-4-1)10-7-13-19-14-15-24-18-20-21-22-23(18)17-11-5-2-6-12-17/h1-12,19H,13-15H2/b10-7-. The van der Waals surface area contributed by atoms with Crippen molar-refractivity contribution in [3.05, 3.63) is 72.3 Å². The van der Waals surface area contributed by atoms with Gasteiger partial charge in [0.2, 0.25) is 5.16 Å². The van der Waals surface area contributed by atoms with E-state index >= 15 is 0 Å². The third kappa shape index (κ3) is 4.78. The van der Waals surface area contributed by atoms with Crippen LogP contribution in [0.5, 0.6) is 0 Å². The van der Waals surface area contributed by atoms with Crippen LogP contribution in [0.3, 0.4) is 0 Å². The van der Waals surface area contributed by atoms with E-state index in [1.54, 1.807) is 16.4 Å². The summed E-state index contributed by atoms with van der Waals surface area (Å²) in [4.78, 5) is 0. The monoisotopic (exact) mass is 337 g/mol. The van der Waals surface area contributed by atoms with Gasteiger partial charge < -0.3 is 5.32 Å². The molecule has 0 radical (unpaired) electrons. The molecule has 0 aliphatic rings. The predicted molar refractivity (Wildman–Crippen MR) is 98.2 cm³/mol. The van der Waals surface area contributed by atoms with Crippen LogP contribution in [0.25, 0.3) is 11.8 Å². The number of rotatable bonds is 8. The molecule has 0 spiro atoms. The fourth-order valence-corrected chi connectivity index (χ4v) is 2.95. The molecule has 2 aromatic carbocycles. The Morgan fingerprint density at radius 1 is 1.00 bits per heavy atom. The van der Waals surface area contributed by atoms with Crippen molar-refractivity contribution in [2.45, 2.75) is 5.16 Å². The Labute approximate surface area is 145 Å². The van der Waals surface area contributed by atoms with Crippen LogP contribution in [0.15, 0.2) is 71.9 Å². The highest BCUT2D eigenvalue weighted by atomic mass is 32.2. The summed E-state index contributed by atoms with van der Waals surface area (Å²) in [5.74, 6) is 0.909. The zero-order chi connectivity index (χ0) is 16.5. The summed E-state index contributed by atoms with van der Waals surface area (Å²) in [6, 6.07) is 20.2. The average molecular weight is 337 g/mol. The number of nitrogens with zero attached hydrogens (tertiary/aromatic N) is 4. The molecule has 3 aromatic rings. The van der Waals surface area contributed by atoms with Gasteiger partial charge in [0.05, 0.1) is 5.69 Å². The predicted octanol–water partition coefficient (Wildman–Crippen LogP) is 3.06. The van der Waals surface area contributed by atoms with Gasteiger partial charge in [-0.05, 0) is 28.1 Å². The fourth-order valence-electron chi connectivity index (χ4n) is 2.16. The Morgan fingerprint density at radius 3 is 2.54 bits per heavy atom. The molecule has 0 aliphatic carbocycles. The quantitative estimate of drug-likeness (QED) is 0.506. The van der Waals surface area contributed by atoms with E-state index in [0.29, 0.717) is 0 Å². The molecule has 0 amide bonds. The average Bonchev–Trinajstić information content (AvgIpc) is 3.11. The second kappa shape index (κ2) is 9.00. The zero-order valence-corrected chi connectivity index (χ0v) is 14.1. The second-order valence-corrected chi connectivity index (χ2v) is 6.14. The van der Waals surface area contributed by atoms with Gasteiger partial charge in [0.1, 0.15) is 0 Å². The molecule has 0 unspecified atom stereocenters. The highest BCUT2D eigenvalue weighted by Crippen LogP contribution is 2.17. The van der Waals surface area contributed by atoms with Crippen LogP contribution in [-0.4, -0.2) is 39.0 Å². The van der Waals surface area contributed by atoms with E-state index < -0.39 is 0 Å². The van der Waals surface area contributed by atoms with Crippen molar-refractivity contribution >= 4 is 17.8 Å². The van der Waals surface area contributed by atoms with E-state index in [2.05, 4.69) is 45.1 Å². The Morgan fingerprint density at radius 2 is 1.75 bits per heavy atom. The molecule has 1 heterocycles. The van der Waals surface area contributed by atoms with Gasteiger partial charge in [-0.2, -0.15) is 4.68 Å². The van der Waals surface area contributed by atoms with E-state index in [-0.39, 0.29) is 0 Å². The van der Waals surface area contributed by atoms with E-state index in [1.165, 1.54) is 5.56 Å². The first-order valence-electron chi connectivity index (χ1n) is 7.82. The number of benzene rings is 2. The zero-order valence-electron chi connectivity index (χ0n) is 13.2. The highest BCUT2D eigenvalue weighted by Gasteiger charge is 2.07. The smallest absolute Gasteiger partial charge is 0.214 e. The first-order chi connectivity index (χ1) is 11.9. The Hall–Kier alpha value is -2.44. The minimum absolute atomic E-state index is 0.808. The number of hydrogen-bond donors (Lipinski definition) is 1. The summed E-state index contributed by atoms with van der Waals surface area (Å²) >= 11 is 1.64. The number of thioether (sulfide) groups is 1. The summed E-state index contributed by atoms with van der Waals surface area (Å²) in [6.45, 7) is 1.74. The van der Waals surface area contributed by atoms with Crippen molar-refractivity contribution in [2.24, 2.45) is 0 Å². The summed E-state index contributed by atoms with van der Waals surface area (Å²) < 4.78 is 1.76. The first kappa shape index (κ1) is 16.4. The van der Waals surface area contributed by atoms with Crippen LogP contribution in [0, 0.1) is 0 Å². The van der Waals surface area contributed by atoms with Crippen molar-refractivity contribution in [1.29, 1.82) is 0 Å². The maximum atomic E-state index is 4.09. The molecule has 0 saturated carbocycles. The van der Waals surface area contributed by atoms with Gasteiger partial charge in [0.15, 0.2) is 0 Å². The molecule has 1 N–H and O–H groups in total. The fraction of sp³-hybridized carbons (Fsp3) is 0.167. The van der Waals surface area contributed by atoms with Crippen molar-refractivity contribution in [3.63, 3.8) is 0 Å². The summed E-state index contributed by atoms with van der Waals surface area (Å²) in [5.41, 5.74) is 2.19. The van der Waals surface area contributed by atoms with Gasteiger partial charge in [0.25, 0.3) is 0 Å². The SMILES string of the molecule is C(=C/c1ccccc1)/CNCCSc1nnnn1-c1ccccc1. The molecule has 3 rings (SSSR count). The van der Waals surface area contributed by atoms with Crippen molar-refractivity contribution < 1.29 is 0 Å². The first-order valence-corrected chi connectivity index (χ1v) is 8.81. The molecule has 0 saturated heterocycles. The van der Waals surface area contributed by atoms with Gasteiger partial charge in [-0.1, -0.05) is 72.4 Å². The lowest BCUT2D eigenvalue weighted by Gasteiger charge is -2.04. The van der Waals surface area contributed by atoms with Crippen LogP contribution in [0.1, 0.15) is 5.56 Å². The van der Waals surface area contributed by atoms with Crippen LogP contribution in [-0.2, 0) is 0 Å². The van der Waals surface area contributed by atoms with E-state index in [9.17, 15) is 0 Å². The summed E-state index contributed by atoms with van der Waals surface area (Å²) in [7, 11) is 0. The van der Waals surface area contributed by atoms with E-state index in [1.807, 2.05) is 48.5 Å². The Bertz CT molecular complexity index is 755. The molecule has 1 aromatic heterocycles. The normalized spacial score (nSPS) is 11.2. The van der Waals surface area contributed by atoms with Crippen LogP contribution >= 0.6 is 11.8 Å². The molecule has 0 fully saturated rings. The minimum atomic E-state index is 0.808. The maximum Gasteiger partial charge on any atom is 0.214 e. The molecular formula is C18H19N5S. The molecule has 0 atom stereocenters. The van der Waals surface area contributed by atoms with Gasteiger partial charge >= 0.3 is 0 Å². The number of aromatic nitrogens is 4. The number of tetrazole rings is 1. The highest BCUT2D eigenvalue weighted by molar-refractivity contribution is 7.99. The van der Waals surface area contributed by atoms with Gasteiger partial charge in [-0.25, -0.2) is 0 Å². The Balaban J connectivity index is 1.40.